The van der Waals surface area contributed by atoms with E-state index in [1.54, 1.807) is 18.2 Å². The van der Waals surface area contributed by atoms with Crippen molar-refractivity contribution in [2.75, 3.05) is 0 Å². The number of rotatable bonds is 1. The lowest BCUT2D eigenvalue weighted by molar-refractivity contribution is -0.383. The fraction of sp³-hybridized carbons (Fsp3) is 0. The summed E-state index contributed by atoms with van der Waals surface area (Å²) in [4.78, 5) is 11.3. The molecular weight excluding hydrogens is 392 g/mol. The number of halogens is 1. The monoisotopic (exact) mass is 399 g/mol. The van der Waals surface area contributed by atoms with E-state index in [0.29, 0.717) is 31.0 Å². The van der Waals surface area contributed by atoms with Crippen LogP contribution in [0.3, 0.4) is 0 Å². The molecule has 6 heteroatoms. The molecule has 1 heterocycles. The van der Waals surface area contributed by atoms with Gasteiger partial charge in [0, 0.05) is 16.2 Å². The van der Waals surface area contributed by atoms with Gasteiger partial charge >= 0.3 is 0 Å². The quantitative estimate of drug-likeness (QED) is 0.210. The van der Waals surface area contributed by atoms with E-state index < -0.39 is 0 Å². The lowest BCUT2D eigenvalue weighted by Gasteiger charge is -2.03. The largest absolute Gasteiger partial charge is 0.456 e. The van der Waals surface area contributed by atoms with Crippen molar-refractivity contribution in [3.63, 3.8) is 0 Å². The second-order valence-corrected chi connectivity index (χ2v) is 6.07. The molecule has 104 valence electrons. The number of hydrogen-bond donors (Lipinski definition) is 0. The predicted molar refractivity (Wildman–Crippen MR) is 96.0 cm³/mol. The summed E-state index contributed by atoms with van der Waals surface area (Å²) >= 11 is 2.03. The molecule has 0 unspecified atom stereocenters. The van der Waals surface area contributed by atoms with Crippen LogP contribution in [0.2, 0.25) is 0 Å². The zero-order valence-electron chi connectivity index (χ0n) is 11.2. The van der Waals surface area contributed by atoms with Crippen LogP contribution in [0.5, 0.6) is 0 Å². The summed E-state index contributed by atoms with van der Waals surface area (Å²) in [5.41, 5.74) is 1.55. The Morgan fingerprint density at radius 2 is 1.68 bits per heavy atom. The zero-order valence-corrected chi connectivity index (χ0v) is 13.3. The van der Waals surface area contributed by atoms with Gasteiger partial charge in [0.15, 0.2) is 0 Å². The number of nitrogens with zero attached hydrogens (tertiary/aromatic N) is 1. The lowest BCUT2D eigenvalue weighted by Crippen LogP contribution is -2.00. The molecule has 0 N–H and O–H groups in total. The van der Waals surface area contributed by atoms with Crippen LogP contribution < -0.4 is 5.46 Å². The van der Waals surface area contributed by atoms with Crippen molar-refractivity contribution in [3.05, 3.63) is 56.1 Å². The highest BCUT2D eigenvalue weighted by Gasteiger charge is 2.26. The summed E-state index contributed by atoms with van der Waals surface area (Å²) in [6.45, 7) is 0. The zero-order chi connectivity index (χ0) is 15.4. The van der Waals surface area contributed by atoms with Gasteiger partial charge in [0.25, 0.3) is 5.69 Å². The third-order valence-corrected chi connectivity index (χ3v) is 4.87. The van der Waals surface area contributed by atoms with Gasteiger partial charge in [-0.05, 0) is 22.6 Å². The Balaban J connectivity index is 2.42. The average Bonchev–Trinajstić information content (AvgIpc) is 2.88. The van der Waals surface area contributed by atoms with E-state index in [1.165, 1.54) is 0 Å². The Morgan fingerprint density at radius 1 is 1.00 bits per heavy atom. The van der Waals surface area contributed by atoms with E-state index in [4.69, 9.17) is 12.3 Å². The Bertz CT molecular complexity index is 1090. The molecule has 0 saturated carbocycles. The molecule has 22 heavy (non-hydrogen) atoms. The standard InChI is InChI=1S/C16H7BINO3/c17-11-7-3-6-10-12-14(19(20)21)13(18)8-4-1-2-5-9(8)16(12)22-15(10)11/h1-7H. The van der Waals surface area contributed by atoms with Crippen LogP contribution in [-0.4, -0.2) is 12.8 Å². The number of hydrogen-bond acceptors (Lipinski definition) is 3. The van der Waals surface area contributed by atoms with Gasteiger partial charge in [-0.1, -0.05) is 47.9 Å². The Kier molecular flexibility index (Phi) is 2.90. The lowest BCUT2D eigenvalue weighted by atomic mass is 9.93. The first-order valence-electron chi connectivity index (χ1n) is 6.55. The number of nitro groups is 1. The van der Waals surface area contributed by atoms with E-state index in [-0.39, 0.29) is 10.6 Å². The Hall–Kier alpha value is -2.09. The first kappa shape index (κ1) is 13.6. The minimum atomic E-state index is -0.352. The van der Waals surface area contributed by atoms with Crippen molar-refractivity contribution in [3.8, 4) is 0 Å². The van der Waals surface area contributed by atoms with Crippen molar-refractivity contribution in [1.29, 1.82) is 0 Å². The first-order valence-corrected chi connectivity index (χ1v) is 7.62. The second-order valence-electron chi connectivity index (χ2n) is 5.00. The molecule has 0 aliphatic carbocycles. The van der Waals surface area contributed by atoms with Crippen LogP contribution in [0.1, 0.15) is 0 Å². The highest BCUT2D eigenvalue weighted by atomic mass is 127. The van der Waals surface area contributed by atoms with Crippen LogP contribution in [0.25, 0.3) is 32.7 Å². The van der Waals surface area contributed by atoms with Gasteiger partial charge < -0.3 is 4.42 Å². The summed E-state index contributed by atoms with van der Waals surface area (Å²) in [7, 11) is 5.96. The van der Waals surface area contributed by atoms with Crippen LogP contribution in [0, 0.1) is 13.7 Å². The van der Waals surface area contributed by atoms with Gasteiger partial charge in [-0.25, -0.2) is 0 Å². The van der Waals surface area contributed by atoms with Gasteiger partial charge in [-0.15, -0.1) is 0 Å². The first-order chi connectivity index (χ1) is 10.6. The molecule has 0 atom stereocenters. The molecule has 0 aliphatic rings. The summed E-state index contributed by atoms with van der Waals surface area (Å²) in [6.07, 6.45) is 0. The molecule has 0 aliphatic heterocycles. The smallest absolute Gasteiger partial charge is 0.294 e. The number of nitro benzene ring substituents is 1. The maximum Gasteiger partial charge on any atom is 0.294 e. The van der Waals surface area contributed by atoms with Crippen LogP contribution in [0.15, 0.2) is 46.9 Å². The highest BCUT2D eigenvalue weighted by Crippen LogP contribution is 2.43. The van der Waals surface area contributed by atoms with Crippen LogP contribution in [-0.2, 0) is 0 Å². The Labute approximate surface area is 139 Å². The third kappa shape index (κ3) is 1.70. The maximum atomic E-state index is 11.6. The SMILES string of the molecule is [B]c1cccc2c1oc1c3ccccc3c(I)c([N+](=O)[O-])c21. The molecule has 0 fully saturated rings. The van der Waals surface area contributed by atoms with E-state index in [9.17, 15) is 10.1 Å². The van der Waals surface area contributed by atoms with Gasteiger partial charge in [0.2, 0.25) is 0 Å². The van der Waals surface area contributed by atoms with E-state index >= 15 is 0 Å². The summed E-state index contributed by atoms with van der Waals surface area (Å²) in [5, 5.41) is 14.5. The molecular formula is C16H7BINO3. The normalized spacial score (nSPS) is 11.5. The van der Waals surface area contributed by atoms with E-state index in [1.807, 2.05) is 46.9 Å². The van der Waals surface area contributed by atoms with E-state index in [0.717, 1.165) is 10.8 Å². The number of para-hydroxylation sites is 1. The summed E-state index contributed by atoms with van der Waals surface area (Å²) in [5.74, 6) is 0. The minimum Gasteiger partial charge on any atom is -0.456 e. The van der Waals surface area contributed by atoms with Gasteiger partial charge in [0.05, 0.1) is 8.49 Å². The van der Waals surface area contributed by atoms with Crippen molar-refractivity contribution >= 4 is 74.3 Å². The topological polar surface area (TPSA) is 56.3 Å². The van der Waals surface area contributed by atoms with Gasteiger partial charge in [0.1, 0.15) is 24.4 Å². The van der Waals surface area contributed by atoms with Crippen molar-refractivity contribution < 1.29 is 9.34 Å². The highest BCUT2D eigenvalue weighted by molar-refractivity contribution is 14.1. The molecule has 4 rings (SSSR count). The van der Waals surface area contributed by atoms with Gasteiger partial charge in [-0.3, -0.25) is 10.1 Å². The fourth-order valence-corrected chi connectivity index (χ4v) is 3.78. The molecule has 1 aromatic heterocycles. The summed E-state index contributed by atoms with van der Waals surface area (Å²) < 4.78 is 6.52. The molecule has 2 radical (unpaired) electrons. The van der Waals surface area contributed by atoms with Crippen molar-refractivity contribution in [2.24, 2.45) is 0 Å². The Morgan fingerprint density at radius 3 is 2.41 bits per heavy atom. The maximum absolute atomic E-state index is 11.6. The van der Waals surface area contributed by atoms with Crippen LogP contribution in [0.4, 0.5) is 5.69 Å². The number of furan rings is 1. The van der Waals surface area contributed by atoms with Gasteiger partial charge in [-0.2, -0.15) is 0 Å². The molecule has 3 aromatic carbocycles. The van der Waals surface area contributed by atoms with Crippen molar-refractivity contribution in [1.82, 2.24) is 0 Å². The molecule has 0 saturated heterocycles. The molecule has 4 nitrogen and oxygen atoms in total. The molecule has 0 spiro atoms. The third-order valence-electron chi connectivity index (χ3n) is 3.78. The summed E-state index contributed by atoms with van der Waals surface area (Å²) in [6, 6.07) is 12.8. The number of fused-ring (bicyclic) bond motifs is 5. The molecule has 4 aromatic rings. The van der Waals surface area contributed by atoms with Crippen molar-refractivity contribution in [2.45, 2.75) is 0 Å². The molecule has 0 bridgehead atoms. The average molecular weight is 399 g/mol. The predicted octanol–water partition coefficient (Wildman–Crippen LogP) is 4.05. The van der Waals surface area contributed by atoms with E-state index in [2.05, 4.69) is 0 Å². The van der Waals surface area contributed by atoms with Crippen LogP contribution >= 0.6 is 22.6 Å². The fourth-order valence-electron chi connectivity index (χ4n) is 2.85. The minimum absolute atomic E-state index is 0.0682. The molecule has 0 amide bonds. The number of benzene rings is 3. The second kappa shape index (κ2) is 4.71.